The summed E-state index contributed by atoms with van der Waals surface area (Å²) in [6.45, 7) is 0.278. The van der Waals surface area contributed by atoms with Gasteiger partial charge in [-0.25, -0.2) is 19.4 Å². The van der Waals surface area contributed by atoms with Crippen LogP contribution in [0.2, 0.25) is 0 Å². The van der Waals surface area contributed by atoms with Crippen molar-refractivity contribution in [2.24, 2.45) is 5.73 Å². The second kappa shape index (κ2) is 21.2. The molecule has 2 atom stereocenters. The van der Waals surface area contributed by atoms with Gasteiger partial charge in [0, 0.05) is 49.8 Å². The molecule has 0 aliphatic carbocycles. The fourth-order valence-electron chi connectivity index (χ4n) is 5.77. The molecule has 15 heteroatoms. The summed E-state index contributed by atoms with van der Waals surface area (Å²) in [5, 5.41) is 5.30. The summed E-state index contributed by atoms with van der Waals surface area (Å²) < 4.78 is 20.1. The molecule has 15 nitrogen and oxygen atoms in total. The van der Waals surface area contributed by atoms with Crippen LogP contribution in [-0.4, -0.2) is 86.0 Å². The van der Waals surface area contributed by atoms with Crippen LogP contribution in [0.4, 0.5) is 15.4 Å². The lowest BCUT2D eigenvalue weighted by atomic mass is 10.0. The normalized spacial score (nSPS) is 14.3. The van der Waals surface area contributed by atoms with Gasteiger partial charge in [0.1, 0.15) is 11.9 Å². The van der Waals surface area contributed by atoms with Gasteiger partial charge in [-0.1, -0.05) is 47.9 Å². The standard InChI is InChI=1S/C40H44N6O9/c1-52-37(48)22-32-19-28(10-5-15-54-39(50)44-25-31-13-14-43-35(42)21-31)18-29(20-32)11-6-16-55-40(51)45-33-23-34(38(49)53-2)46(26-33)36(47)12-4-8-27-7-3-9-30(17-27)24-41/h3,7,9,13-14,17-21,33-34H,4,8,12,15-16,22-26,41H2,1-2H3,(H2,42,43)(H,44,50)(H,45,51). The monoisotopic (exact) mass is 752 g/mol. The summed E-state index contributed by atoms with van der Waals surface area (Å²) in [5.74, 6) is 10.4. The zero-order valence-electron chi connectivity index (χ0n) is 30.7. The highest BCUT2D eigenvalue weighted by molar-refractivity contribution is 5.85. The lowest BCUT2D eigenvalue weighted by Gasteiger charge is -2.22. The zero-order valence-corrected chi connectivity index (χ0v) is 30.7. The van der Waals surface area contributed by atoms with Gasteiger partial charge in [-0.15, -0.1) is 0 Å². The lowest BCUT2D eigenvalue weighted by Crippen LogP contribution is -2.42. The van der Waals surface area contributed by atoms with Gasteiger partial charge in [0.25, 0.3) is 0 Å². The molecule has 2 unspecified atom stereocenters. The number of nitrogens with one attached hydrogen (secondary N) is 2. The Balaban J connectivity index is 1.28. The van der Waals surface area contributed by atoms with Gasteiger partial charge in [-0.05, 0) is 65.4 Å². The predicted octanol–water partition coefficient (Wildman–Crippen LogP) is 2.36. The molecule has 2 aromatic carbocycles. The summed E-state index contributed by atoms with van der Waals surface area (Å²) in [4.78, 5) is 67.7. The van der Waals surface area contributed by atoms with Crippen LogP contribution in [0.1, 0.15) is 52.6 Å². The number of hydrogen-bond donors (Lipinski definition) is 4. The maximum absolute atomic E-state index is 13.1. The number of nitrogens with two attached hydrogens (primary N) is 2. The lowest BCUT2D eigenvalue weighted by molar-refractivity contribution is -0.151. The Bertz CT molecular complexity index is 1980. The van der Waals surface area contributed by atoms with Crippen molar-refractivity contribution in [3.63, 3.8) is 0 Å². The van der Waals surface area contributed by atoms with Crippen LogP contribution < -0.4 is 22.1 Å². The third kappa shape index (κ3) is 13.7. The second-order valence-corrected chi connectivity index (χ2v) is 12.4. The van der Waals surface area contributed by atoms with Crippen LogP contribution in [0, 0.1) is 23.7 Å². The van der Waals surface area contributed by atoms with E-state index in [9.17, 15) is 24.0 Å². The predicted molar refractivity (Wildman–Crippen MR) is 200 cm³/mol. The van der Waals surface area contributed by atoms with Crippen molar-refractivity contribution in [1.82, 2.24) is 20.5 Å². The Labute approximate surface area is 319 Å². The number of nitrogens with zero attached hydrogens (tertiary/aromatic N) is 2. The number of likely N-dealkylation sites (tertiary alicyclic amines) is 1. The first-order chi connectivity index (χ1) is 26.6. The number of nitrogen functional groups attached to an aromatic ring is 1. The van der Waals surface area contributed by atoms with E-state index in [1.54, 1.807) is 30.3 Å². The van der Waals surface area contributed by atoms with Crippen molar-refractivity contribution in [3.8, 4) is 23.7 Å². The molecule has 2 heterocycles. The number of alkyl carbamates (subject to hydrolysis) is 2. The number of hydrogen-bond acceptors (Lipinski definition) is 12. The van der Waals surface area contributed by atoms with Crippen molar-refractivity contribution in [2.75, 3.05) is 39.7 Å². The van der Waals surface area contributed by atoms with Crippen LogP contribution in [0.25, 0.3) is 0 Å². The molecular formula is C40H44N6O9. The molecule has 3 amide bonds. The summed E-state index contributed by atoms with van der Waals surface area (Å²) in [6.07, 6.45) is 1.71. The maximum Gasteiger partial charge on any atom is 0.408 e. The number of rotatable bonds is 13. The molecule has 55 heavy (non-hydrogen) atoms. The van der Waals surface area contributed by atoms with Gasteiger partial charge in [0.05, 0.1) is 26.7 Å². The number of carbonyl (C=O) groups excluding carboxylic acids is 5. The molecule has 1 aliphatic rings. The highest BCUT2D eigenvalue weighted by Crippen LogP contribution is 2.22. The molecule has 1 aliphatic heterocycles. The highest BCUT2D eigenvalue weighted by atomic mass is 16.6. The largest absolute Gasteiger partial charge is 0.469 e. The van der Waals surface area contributed by atoms with Crippen molar-refractivity contribution in [3.05, 3.63) is 94.2 Å². The molecule has 288 valence electrons. The molecule has 0 spiro atoms. The molecule has 0 saturated carbocycles. The van der Waals surface area contributed by atoms with Gasteiger partial charge < -0.3 is 45.9 Å². The molecular weight excluding hydrogens is 708 g/mol. The number of pyridine rings is 1. The molecule has 3 aromatic rings. The second-order valence-electron chi connectivity index (χ2n) is 12.4. The third-order valence-corrected chi connectivity index (χ3v) is 8.37. The molecule has 0 bridgehead atoms. The molecule has 1 aromatic heterocycles. The minimum atomic E-state index is -0.834. The molecule has 4 rings (SSSR count). The smallest absolute Gasteiger partial charge is 0.408 e. The average molecular weight is 753 g/mol. The van der Waals surface area contributed by atoms with E-state index in [1.165, 1.54) is 25.3 Å². The van der Waals surface area contributed by atoms with E-state index >= 15 is 0 Å². The topological polar surface area (TPSA) is 214 Å². The van der Waals surface area contributed by atoms with E-state index in [2.05, 4.69) is 39.3 Å². The van der Waals surface area contributed by atoms with Crippen LogP contribution in [0.15, 0.2) is 60.8 Å². The SMILES string of the molecule is COC(=O)Cc1cc(C#CCOC(=O)NCc2ccnc(N)c2)cc(C#CCOC(=O)NC2CC(C(=O)OC)N(C(=O)CCCc3cccc(CN)c3)C2)c1. The number of anilines is 1. The average Bonchev–Trinajstić information content (AvgIpc) is 3.60. The van der Waals surface area contributed by atoms with E-state index in [-0.39, 0.29) is 51.5 Å². The minimum Gasteiger partial charge on any atom is -0.469 e. The number of carbonyl (C=O) groups is 5. The Morgan fingerprint density at radius 2 is 1.58 bits per heavy atom. The summed E-state index contributed by atoms with van der Waals surface area (Å²) in [7, 11) is 2.53. The summed E-state index contributed by atoms with van der Waals surface area (Å²) in [5.41, 5.74) is 15.8. The van der Waals surface area contributed by atoms with Gasteiger partial charge in [-0.3, -0.25) is 9.59 Å². The first kappa shape index (κ1) is 41.2. The van der Waals surface area contributed by atoms with Gasteiger partial charge in [0.2, 0.25) is 5.91 Å². The van der Waals surface area contributed by atoms with Gasteiger partial charge >= 0.3 is 24.1 Å². The van der Waals surface area contributed by atoms with E-state index in [4.69, 9.17) is 30.4 Å². The van der Waals surface area contributed by atoms with E-state index < -0.39 is 36.2 Å². The number of aryl methyl sites for hydroxylation is 1. The first-order valence-electron chi connectivity index (χ1n) is 17.4. The fourth-order valence-corrected chi connectivity index (χ4v) is 5.77. The van der Waals surface area contributed by atoms with Crippen LogP contribution in [0.3, 0.4) is 0 Å². The van der Waals surface area contributed by atoms with Gasteiger partial charge in [0.15, 0.2) is 13.2 Å². The third-order valence-electron chi connectivity index (χ3n) is 8.37. The maximum atomic E-state index is 13.1. The van der Waals surface area contributed by atoms with Crippen molar-refractivity contribution in [1.29, 1.82) is 0 Å². The summed E-state index contributed by atoms with van der Waals surface area (Å²) in [6, 6.07) is 14.9. The Kier molecular flexibility index (Phi) is 15.9. The minimum absolute atomic E-state index is 0.0336. The van der Waals surface area contributed by atoms with Gasteiger partial charge in [-0.2, -0.15) is 0 Å². The van der Waals surface area contributed by atoms with Crippen molar-refractivity contribution in [2.45, 2.75) is 57.3 Å². The number of benzene rings is 2. The van der Waals surface area contributed by atoms with E-state index in [0.717, 1.165) is 16.7 Å². The quantitative estimate of drug-likeness (QED) is 0.113. The highest BCUT2D eigenvalue weighted by Gasteiger charge is 2.40. The molecule has 1 fully saturated rings. The number of ether oxygens (including phenoxy) is 4. The van der Waals surface area contributed by atoms with Crippen LogP contribution in [0.5, 0.6) is 0 Å². The Morgan fingerprint density at radius 3 is 2.25 bits per heavy atom. The Hall–Kier alpha value is -6.58. The van der Waals surface area contributed by atoms with E-state index in [1.807, 2.05) is 24.3 Å². The van der Waals surface area contributed by atoms with Crippen LogP contribution >= 0.6 is 0 Å². The number of esters is 2. The van der Waals surface area contributed by atoms with Crippen LogP contribution in [-0.2, 0) is 59.3 Å². The number of amides is 3. The molecule has 0 radical (unpaired) electrons. The molecule has 6 N–H and O–H groups in total. The fraction of sp³-hybridized carbons (Fsp3) is 0.350. The van der Waals surface area contributed by atoms with Crippen molar-refractivity contribution >= 4 is 35.9 Å². The number of aromatic nitrogens is 1. The Morgan fingerprint density at radius 1 is 0.873 bits per heavy atom. The first-order valence-corrected chi connectivity index (χ1v) is 17.4. The number of methoxy groups -OCH3 is 2. The molecule has 1 saturated heterocycles. The van der Waals surface area contributed by atoms with Crippen molar-refractivity contribution < 1.29 is 42.9 Å². The zero-order chi connectivity index (χ0) is 39.6. The van der Waals surface area contributed by atoms with E-state index in [0.29, 0.717) is 41.9 Å². The summed E-state index contributed by atoms with van der Waals surface area (Å²) >= 11 is 0.